The Bertz CT molecular complexity index is 1510. The number of aromatic nitrogens is 1. The molecule has 0 bridgehead atoms. The van der Waals surface area contributed by atoms with Gasteiger partial charge in [0.2, 0.25) is 5.43 Å². The van der Waals surface area contributed by atoms with E-state index >= 15 is 4.39 Å². The quantitative estimate of drug-likeness (QED) is 0.319. The van der Waals surface area contributed by atoms with Gasteiger partial charge in [0.1, 0.15) is 11.4 Å². The van der Waals surface area contributed by atoms with Crippen molar-refractivity contribution in [1.29, 1.82) is 0 Å². The number of carbonyl (C=O) groups is 1. The van der Waals surface area contributed by atoms with Crippen LogP contribution in [0.2, 0.25) is 0 Å². The van der Waals surface area contributed by atoms with Crippen LogP contribution in [-0.4, -0.2) is 62.2 Å². The van der Waals surface area contributed by atoms with E-state index in [2.05, 4.69) is 16.8 Å². The van der Waals surface area contributed by atoms with Crippen LogP contribution < -0.4 is 19.8 Å². The molecule has 2 saturated heterocycles. The van der Waals surface area contributed by atoms with Gasteiger partial charge in [-0.1, -0.05) is 18.2 Å². The fourth-order valence-electron chi connectivity index (χ4n) is 6.31. The average molecular weight is 532 g/mol. The number of anilines is 1. The van der Waals surface area contributed by atoms with Crippen molar-refractivity contribution in [2.24, 2.45) is 5.92 Å². The van der Waals surface area contributed by atoms with Gasteiger partial charge in [-0.2, -0.15) is 0 Å². The smallest absolute Gasteiger partial charge is 0.200 e. The van der Waals surface area contributed by atoms with E-state index in [0.29, 0.717) is 28.9 Å². The highest BCUT2D eigenvalue weighted by Gasteiger charge is 2.40. The molecule has 1 aromatic heterocycles. The molecule has 39 heavy (non-hydrogen) atoms. The van der Waals surface area contributed by atoms with Gasteiger partial charge in [-0.3, -0.25) is 9.59 Å². The predicted octanol–water partition coefficient (Wildman–Crippen LogP) is 4.92. The van der Waals surface area contributed by atoms with E-state index in [-0.39, 0.29) is 17.0 Å². The zero-order valence-corrected chi connectivity index (χ0v) is 22.7. The molecule has 2 aliphatic heterocycles. The van der Waals surface area contributed by atoms with Gasteiger partial charge in [0.25, 0.3) is 0 Å². The molecule has 0 N–H and O–H groups in total. The number of ketones is 1. The fraction of sp³-hybridized carbons (Fsp3) is 0.419. The first-order valence-corrected chi connectivity index (χ1v) is 13.7. The summed E-state index contributed by atoms with van der Waals surface area (Å²) in [5.41, 5.74) is 1.34. The number of likely N-dealkylation sites (tertiary alicyclic amines) is 1. The maximum absolute atomic E-state index is 15.9. The Morgan fingerprint density at radius 3 is 2.51 bits per heavy atom. The summed E-state index contributed by atoms with van der Waals surface area (Å²) in [7, 11) is 5.27. The van der Waals surface area contributed by atoms with Crippen LogP contribution in [0.1, 0.15) is 47.6 Å². The normalized spacial score (nSPS) is 21.5. The summed E-state index contributed by atoms with van der Waals surface area (Å²) < 4.78 is 28.9. The molecule has 2 atom stereocenters. The molecule has 1 saturated carbocycles. The first-order chi connectivity index (χ1) is 18.9. The molecule has 1 aliphatic carbocycles. The Morgan fingerprint density at radius 1 is 1.08 bits per heavy atom. The number of halogens is 1. The Labute approximate surface area is 227 Å². The molecule has 3 heterocycles. The van der Waals surface area contributed by atoms with Crippen LogP contribution in [0.15, 0.2) is 47.4 Å². The van der Waals surface area contributed by atoms with Gasteiger partial charge in [-0.15, -0.1) is 0 Å². The summed E-state index contributed by atoms with van der Waals surface area (Å²) in [5, 5.41) is 0.178. The van der Waals surface area contributed by atoms with Gasteiger partial charge in [0.05, 0.1) is 30.7 Å². The highest BCUT2D eigenvalue weighted by molar-refractivity contribution is 6.08. The Morgan fingerprint density at radius 2 is 1.85 bits per heavy atom. The SMILES string of the molecule is COc1ccc(C=CC(=O)c2cn(C3CC3)c3c(OC)c(N4CC5CCCN(C)C5C4)c(F)cc3c2=O)cc1. The Kier molecular flexibility index (Phi) is 6.67. The van der Waals surface area contributed by atoms with E-state index in [0.717, 1.165) is 56.6 Å². The van der Waals surface area contributed by atoms with E-state index in [1.165, 1.54) is 19.3 Å². The van der Waals surface area contributed by atoms with E-state index in [4.69, 9.17) is 9.47 Å². The fourth-order valence-corrected chi connectivity index (χ4v) is 6.31. The van der Waals surface area contributed by atoms with Crippen LogP contribution in [-0.2, 0) is 0 Å². The largest absolute Gasteiger partial charge is 0.497 e. The number of nitrogens with zero attached hydrogens (tertiary/aromatic N) is 3. The van der Waals surface area contributed by atoms with Crippen LogP contribution in [0.5, 0.6) is 11.5 Å². The molecule has 204 valence electrons. The van der Waals surface area contributed by atoms with Crippen molar-refractivity contribution in [3.63, 3.8) is 0 Å². The lowest BCUT2D eigenvalue weighted by Crippen LogP contribution is -2.42. The van der Waals surface area contributed by atoms with E-state index in [9.17, 15) is 9.59 Å². The van der Waals surface area contributed by atoms with Gasteiger partial charge in [0.15, 0.2) is 17.3 Å². The zero-order chi connectivity index (χ0) is 27.3. The second-order valence-corrected chi connectivity index (χ2v) is 11.0. The highest BCUT2D eigenvalue weighted by Crippen LogP contribution is 2.45. The van der Waals surface area contributed by atoms with Gasteiger partial charge in [-0.25, -0.2) is 4.39 Å². The third-order valence-corrected chi connectivity index (χ3v) is 8.53. The van der Waals surface area contributed by atoms with Crippen molar-refractivity contribution in [3.05, 3.63) is 69.8 Å². The number of likely N-dealkylation sites (N-methyl/N-ethyl adjacent to an activating group) is 1. The number of fused-ring (bicyclic) bond motifs is 2. The first-order valence-electron chi connectivity index (χ1n) is 13.7. The van der Waals surface area contributed by atoms with Crippen LogP contribution >= 0.6 is 0 Å². The summed E-state index contributed by atoms with van der Waals surface area (Å²) in [6.07, 6.45) is 8.85. The second kappa shape index (κ2) is 10.2. The number of allylic oxidation sites excluding steroid dienone is 1. The standard InChI is InChI=1S/C31H34FN3O4/c1-33-14-4-5-20-16-34(18-26(20)33)29-25(32)15-23-28(31(29)39-3)35(21-9-10-21)17-24(30(23)37)27(36)13-8-19-6-11-22(38-2)12-7-19/h6-8,11-13,15,17,20-21,26H,4-5,9-10,14,16,18H2,1-3H3. The summed E-state index contributed by atoms with van der Waals surface area (Å²) in [6, 6.07) is 9.11. The maximum Gasteiger partial charge on any atom is 0.200 e. The average Bonchev–Trinajstić information content (AvgIpc) is 3.70. The predicted molar refractivity (Wildman–Crippen MR) is 151 cm³/mol. The van der Waals surface area contributed by atoms with Gasteiger partial charge in [-0.05, 0) is 75.0 Å². The van der Waals surface area contributed by atoms with Gasteiger partial charge >= 0.3 is 0 Å². The number of ether oxygens (including phenoxy) is 2. The van der Waals surface area contributed by atoms with E-state index in [1.807, 2.05) is 16.7 Å². The van der Waals surface area contributed by atoms with E-state index in [1.54, 1.807) is 31.5 Å². The van der Waals surface area contributed by atoms with Crippen molar-refractivity contribution in [2.75, 3.05) is 45.8 Å². The van der Waals surface area contributed by atoms with Crippen molar-refractivity contribution < 1.29 is 18.7 Å². The van der Waals surface area contributed by atoms with Crippen molar-refractivity contribution in [1.82, 2.24) is 9.47 Å². The number of hydrogen-bond donors (Lipinski definition) is 0. The van der Waals surface area contributed by atoms with Crippen LogP contribution in [0, 0.1) is 11.7 Å². The van der Waals surface area contributed by atoms with Crippen LogP contribution in [0.3, 0.4) is 0 Å². The first kappa shape index (κ1) is 25.6. The molecular formula is C31H34FN3O4. The number of rotatable bonds is 7. The molecule has 2 unspecified atom stereocenters. The third kappa shape index (κ3) is 4.61. The summed E-state index contributed by atoms with van der Waals surface area (Å²) in [5.74, 6) is 0.672. The molecular weight excluding hydrogens is 497 g/mol. The number of hydrogen-bond acceptors (Lipinski definition) is 6. The molecule has 3 fully saturated rings. The lowest BCUT2D eigenvalue weighted by atomic mass is 9.93. The van der Waals surface area contributed by atoms with Crippen molar-refractivity contribution in [3.8, 4) is 11.5 Å². The van der Waals surface area contributed by atoms with Crippen LogP contribution in [0.25, 0.3) is 17.0 Å². The summed E-state index contributed by atoms with van der Waals surface area (Å²) in [4.78, 5) is 31.3. The summed E-state index contributed by atoms with van der Waals surface area (Å²) >= 11 is 0. The maximum atomic E-state index is 15.9. The summed E-state index contributed by atoms with van der Waals surface area (Å²) in [6.45, 7) is 2.53. The van der Waals surface area contributed by atoms with Gasteiger partial charge in [0, 0.05) is 31.4 Å². The lowest BCUT2D eigenvalue weighted by Gasteiger charge is -2.33. The Hall–Kier alpha value is -3.65. The molecule has 3 aliphatic rings. The minimum absolute atomic E-state index is 0.0298. The molecule has 8 heteroatoms. The molecule has 7 nitrogen and oxygen atoms in total. The number of benzene rings is 2. The second-order valence-electron chi connectivity index (χ2n) is 11.0. The molecule has 0 radical (unpaired) electrons. The number of methoxy groups -OCH3 is 2. The molecule has 2 aromatic carbocycles. The minimum atomic E-state index is -0.488. The number of carbonyl (C=O) groups excluding carboxylic acids is 1. The number of pyridine rings is 1. The molecule has 0 amide bonds. The number of piperidine rings is 1. The monoisotopic (exact) mass is 531 g/mol. The Balaban J connectivity index is 1.42. The zero-order valence-electron chi connectivity index (χ0n) is 22.7. The molecule has 3 aromatic rings. The third-order valence-electron chi connectivity index (χ3n) is 8.53. The lowest BCUT2D eigenvalue weighted by molar-refractivity contribution is 0.104. The van der Waals surface area contributed by atoms with Crippen LogP contribution in [0.4, 0.5) is 10.1 Å². The minimum Gasteiger partial charge on any atom is -0.497 e. The highest BCUT2D eigenvalue weighted by atomic mass is 19.1. The molecule has 6 rings (SSSR count). The van der Waals surface area contributed by atoms with Gasteiger partial charge < -0.3 is 23.8 Å². The van der Waals surface area contributed by atoms with Crippen molar-refractivity contribution in [2.45, 2.75) is 37.8 Å². The topological polar surface area (TPSA) is 64.0 Å². The van der Waals surface area contributed by atoms with Crippen molar-refractivity contribution >= 4 is 28.4 Å². The van der Waals surface area contributed by atoms with E-state index < -0.39 is 17.0 Å². The molecule has 0 spiro atoms.